The lowest BCUT2D eigenvalue weighted by Crippen LogP contribution is -2.61. The molecule has 5 aliphatic rings. The van der Waals surface area contributed by atoms with Crippen molar-refractivity contribution in [3.8, 4) is 11.1 Å². The summed E-state index contributed by atoms with van der Waals surface area (Å²) in [5.41, 5.74) is 24.2. The van der Waals surface area contributed by atoms with Crippen LogP contribution >= 0.6 is 11.3 Å². The third-order valence-electron chi connectivity index (χ3n) is 18.1. The standard InChI is InChI=1S/C63H69BN2S/c1-38-31-52-55-53(32-38)66(42-23-24-44-45(33-42)59(4,5)26-25-58(44,2)3)56-43-34-46-49(63(12,13)30-27-60(46,6)7)37-54(43)67-57(56)64(55)50-35-47-48(62(10,11)29-28-61(47,8)9)36-51(50)65(52)41-21-19-40(20-22-41)39-17-15-14-16-18-39/h14-24,31-37H,25-30H2,1-13H3. The van der Waals surface area contributed by atoms with Gasteiger partial charge in [-0.2, -0.15) is 0 Å². The Morgan fingerprint density at radius 3 is 1.51 bits per heavy atom. The van der Waals surface area contributed by atoms with Crippen LogP contribution in [-0.2, 0) is 32.5 Å². The van der Waals surface area contributed by atoms with Crippen molar-refractivity contribution >= 4 is 78.0 Å². The smallest absolute Gasteiger partial charge is 0.264 e. The number of nitrogens with zero attached hydrogens (tertiary/aromatic N) is 2. The molecule has 2 aliphatic heterocycles. The Balaban J connectivity index is 1.19. The Morgan fingerprint density at radius 2 is 0.910 bits per heavy atom. The second-order valence-corrected chi connectivity index (χ2v) is 26.5. The Bertz CT molecular complexity index is 3210. The minimum Gasteiger partial charge on any atom is -0.311 e. The van der Waals surface area contributed by atoms with Gasteiger partial charge in [-0.1, -0.05) is 138 Å². The molecule has 1 aromatic heterocycles. The first-order valence-electron chi connectivity index (χ1n) is 25.4. The summed E-state index contributed by atoms with van der Waals surface area (Å²) in [6.45, 7) is 32.2. The lowest BCUT2D eigenvalue weighted by molar-refractivity contribution is 0.332. The van der Waals surface area contributed by atoms with Gasteiger partial charge < -0.3 is 9.80 Å². The molecular weight excluding hydrogens is 828 g/mol. The maximum atomic E-state index is 2.74. The van der Waals surface area contributed by atoms with Gasteiger partial charge in [-0.3, -0.25) is 0 Å². The number of aryl methyl sites for hydroxylation is 1. The van der Waals surface area contributed by atoms with Crippen molar-refractivity contribution in [1.82, 2.24) is 0 Å². The minimum atomic E-state index is 0.0698. The van der Waals surface area contributed by atoms with Crippen molar-refractivity contribution in [3.63, 3.8) is 0 Å². The largest absolute Gasteiger partial charge is 0.311 e. The van der Waals surface area contributed by atoms with E-state index in [0.717, 1.165) is 0 Å². The highest BCUT2D eigenvalue weighted by atomic mass is 32.1. The van der Waals surface area contributed by atoms with Crippen LogP contribution in [0.3, 0.4) is 0 Å². The number of thiophene rings is 1. The lowest BCUT2D eigenvalue weighted by Gasteiger charge is -2.47. The quantitative estimate of drug-likeness (QED) is 0.163. The van der Waals surface area contributed by atoms with Crippen molar-refractivity contribution in [2.75, 3.05) is 9.80 Å². The van der Waals surface area contributed by atoms with E-state index in [1.807, 2.05) is 0 Å². The highest BCUT2D eigenvalue weighted by Gasteiger charge is 2.49. The molecule has 0 amide bonds. The SMILES string of the molecule is Cc1cc2c3c(c1)N(c1ccc4c(c1)C(C)(C)CCC4(C)C)c1c(sc4cc5c(cc14)C(C)(C)CCC5(C)C)B3c1cc3c(cc1N2c1ccc(-c2ccccc2)cc1)C(C)(C)CCC3(C)C. The Morgan fingerprint density at radius 1 is 0.433 bits per heavy atom. The maximum absolute atomic E-state index is 2.74. The fourth-order valence-corrected chi connectivity index (χ4v) is 14.8. The normalized spacial score (nSPS) is 20.6. The Hall–Kier alpha value is -5.06. The summed E-state index contributed by atoms with van der Waals surface area (Å²) in [7, 11) is 0. The van der Waals surface area contributed by atoms with E-state index in [4.69, 9.17) is 0 Å². The topological polar surface area (TPSA) is 6.48 Å². The van der Waals surface area contributed by atoms with E-state index < -0.39 is 0 Å². The molecular formula is C63H69BN2S. The van der Waals surface area contributed by atoms with Crippen molar-refractivity contribution < 1.29 is 0 Å². The average Bonchev–Trinajstić information content (AvgIpc) is 3.66. The second kappa shape index (κ2) is 14.0. The Kier molecular flexibility index (Phi) is 9.05. The van der Waals surface area contributed by atoms with Gasteiger partial charge in [-0.15, -0.1) is 11.3 Å². The summed E-state index contributed by atoms with van der Waals surface area (Å²) in [5, 5.41) is 1.41. The molecule has 4 heteroatoms. The molecule has 3 heterocycles. The number of fused-ring (bicyclic) bond motifs is 9. The molecule has 7 aromatic rings. The zero-order chi connectivity index (χ0) is 47.0. The van der Waals surface area contributed by atoms with Gasteiger partial charge in [0.25, 0.3) is 6.71 Å². The van der Waals surface area contributed by atoms with E-state index in [-0.39, 0.29) is 39.2 Å². The second-order valence-electron chi connectivity index (χ2n) is 25.4. The van der Waals surface area contributed by atoms with Crippen molar-refractivity contribution in [3.05, 3.63) is 148 Å². The molecule has 0 fully saturated rings. The van der Waals surface area contributed by atoms with E-state index in [9.17, 15) is 0 Å². The van der Waals surface area contributed by atoms with Crippen LogP contribution in [0.25, 0.3) is 21.2 Å². The molecule has 12 rings (SSSR count). The van der Waals surface area contributed by atoms with Gasteiger partial charge in [0, 0.05) is 43.3 Å². The maximum Gasteiger partial charge on any atom is 0.264 e. The van der Waals surface area contributed by atoms with Gasteiger partial charge >= 0.3 is 0 Å². The molecule has 0 bridgehead atoms. The number of benzene rings is 6. The molecule has 0 saturated carbocycles. The van der Waals surface area contributed by atoms with Crippen molar-refractivity contribution in [2.24, 2.45) is 0 Å². The first-order valence-corrected chi connectivity index (χ1v) is 26.2. The van der Waals surface area contributed by atoms with Gasteiger partial charge in [0.2, 0.25) is 0 Å². The van der Waals surface area contributed by atoms with Crippen LogP contribution in [0.4, 0.5) is 34.1 Å². The zero-order valence-corrected chi connectivity index (χ0v) is 43.3. The van der Waals surface area contributed by atoms with Crippen LogP contribution in [-0.4, -0.2) is 6.71 Å². The minimum absolute atomic E-state index is 0.0698. The van der Waals surface area contributed by atoms with Gasteiger partial charge in [0.1, 0.15) is 0 Å². The van der Waals surface area contributed by atoms with E-state index in [2.05, 4.69) is 220 Å². The first-order chi connectivity index (χ1) is 31.6. The van der Waals surface area contributed by atoms with Gasteiger partial charge in [0.15, 0.2) is 0 Å². The molecule has 0 radical (unpaired) electrons. The van der Waals surface area contributed by atoms with E-state index in [0.29, 0.717) is 0 Å². The summed E-state index contributed by atoms with van der Waals surface area (Å²) < 4.78 is 2.90. The van der Waals surface area contributed by atoms with Crippen LogP contribution in [0.1, 0.15) is 161 Å². The summed E-state index contributed by atoms with van der Waals surface area (Å²) in [6, 6.07) is 43.6. The third kappa shape index (κ3) is 6.33. The fraction of sp³-hybridized carbons (Fsp3) is 0.397. The van der Waals surface area contributed by atoms with Gasteiger partial charge in [-0.25, -0.2) is 0 Å². The fourth-order valence-electron chi connectivity index (χ4n) is 13.4. The Labute approximate surface area is 405 Å². The monoisotopic (exact) mass is 897 g/mol. The highest BCUT2D eigenvalue weighted by molar-refractivity contribution is 7.33. The summed E-state index contributed by atoms with van der Waals surface area (Å²) in [5.74, 6) is 0. The summed E-state index contributed by atoms with van der Waals surface area (Å²) >= 11 is 2.08. The molecule has 0 atom stereocenters. The molecule has 0 unspecified atom stereocenters. The van der Waals surface area contributed by atoms with Crippen molar-refractivity contribution in [1.29, 1.82) is 0 Å². The first kappa shape index (κ1) is 43.2. The molecule has 340 valence electrons. The van der Waals surface area contributed by atoms with Gasteiger partial charge in [-0.05, 0) is 194 Å². The van der Waals surface area contributed by atoms with E-state index in [1.165, 1.54) is 143 Å². The van der Waals surface area contributed by atoms with E-state index >= 15 is 0 Å². The molecule has 0 saturated heterocycles. The van der Waals surface area contributed by atoms with Crippen LogP contribution in [0.5, 0.6) is 0 Å². The molecule has 0 spiro atoms. The average molecular weight is 897 g/mol. The lowest BCUT2D eigenvalue weighted by atomic mass is 9.35. The van der Waals surface area contributed by atoms with Crippen LogP contribution in [0.15, 0.2) is 109 Å². The predicted octanol–water partition coefficient (Wildman–Crippen LogP) is 16.0. The van der Waals surface area contributed by atoms with Crippen molar-refractivity contribution in [2.45, 2.75) is 161 Å². The number of hydrogen-bond donors (Lipinski definition) is 0. The number of rotatable bonds is 3. The summed E-state index contributed by atoms with van der Waals surface area (Å²) in [4.78, 5) is 5.40. The van der Waals surface area contributed by atoms with E-state index in [1.54, 1.807) is 5.56 Å². The van der Waals surface area contributed by atoms with Crippen LogP contribution in [0.2, 0.25) is 0 Å². The molecule has 67 heavy (non-hydrogen) atoms. The van der Waals surface area contributed by atoms with Crippen LogP contribution in [0, 0.1) is 6.92 Å². The third-order valence-corrected chi connectivity index (χ3v) is 19.3. The molecule has 3 aliphatic carbocycles. The molecule has 6 aromatic carbocycles. The number of anilines is 6. The van der Waals surface area contributed by atoms with Gasteiger partial charge in [0.05, 0.1) is 5.69 Å². The van der Waals surface area contributed by atoms with Crippen LogP contribution < -0.4 is 25.5 Å². The molecule has 2 nitrogen and oxygen atoms in total. The summed E-state index contributed by atoms with van der Waals surface area (Å²) in [6.07, 6.45) is 7.17. The zero-order valence-electron chi connectivity index (χ0n) is 42.5. The highest BCUT2D eigenvalue weighted by Crippen LogP contribution is 2.55. The number of hydrogen-bond acceptors (Lipinski definition) is 3. The molecule has 0 N–H and O–H groups in total. The predicted molar refractivity (Wildman–Crippen MR) is 292 cm³/mol.